The first-order chi connectivity index (χ1) is 8.08. The maximum atomic E-state index is 13.2. The summed E-state index contributed by atoms with van der Waals surface area (Å²) in [6.07, 6.45) is 1.86. The topological polar surface area (TPSA) is 35.2 Å². The third-order valence-corrected chi connectivity index (χ3v) is 3.63. The summed E-state index contributed by atoms with van der Waals surface area (Å²) in [7, 11) is 0. The van der Waals surface area contributed by atoms with E-state index in [0.29, 0.717) is 12.3 Å². The lowest BCUT2D eigenvalue weighted by atomic mass is 9.92. The number of halogens is 1. The lowest BCUT2D eigenvalue weighted by Gasteiger charge is -2.23. The molecule has 17 heavy (non-hydrogen) atoms. The molecule has 0 bridgehead atoms. The number of hydrogen-bond donors (Lipinski definition) is 1. The fourth-order valence-electron chi connectivity index (χ4n) is 2.49. The molecular weight excluding hydrogens is 217 g/mol. The molecular formula is C14H20FNO. The van der Waals surface area contributed by atoms with Gasteiger partial charge in [-0.3, -0.25) is 0 Å². The van der Waals surface area contributed by atoms with Gasteiger partial charge in [-0.2, -0.15) is 0 Å². The van der Waals surface area contributed by atoms with Gasteiger partial charge in [0.1, 0.15) is 5.82 Å². The van der Waals surface area contributed by atoms with Crippen molar-refractivity contribution in [3.05, 3.63) is 35.1 Å². The molecule has 2 N–H and O–H groups in total. The first-order valence-corrected chi connectivity index (χ1v) is 6.20. The van der Waals surface area contributed by atoms with Gasteiger partial charge in [-0.1, -0.05) is 13.0 Å². The highest BCUT2D eigenvalue weighted by Crippen LogP contribution is 2.24. The van der Waals surface area contributed by atoms with Gasteiger partial charge in [0.2, 0.25) is 0 Å². The largest absolute Gasteiger partial charge is 0.376 e. The van der Waals surface area contributed by atoms with E-state index in [0.717, 1.165) is 24.2 Å². The average molecular weight is 237 g/mol. The van der Waals surface area contributed by atoms with Crippen molar-refractivity contribution >= 4 is 0 Å². The van der Waals surface area contributed by atoms with Crippen molar-refractivity contribution in [1.29, 1.82) is 0 Å². The average Bonchev–Trinajstić information content (AvgIpc) is 2.70. The van der Waals surface area contributed by atoms with Gasteiger partial charge in [0.25, 0.3) is 0 Å². The molecule has 1 aliphatic rings. The SMILES string of the molecule is Cc1ccc(F)cc1CC(N)C1OCCC1C. The molecule has 1 aromatic carbocycles. The Morgan fingerprint density at radius 2 is 2.29 bits per heavy atom. The zero-order chi connectivity index (χ0) is 12.4. The summed E-state index contributed by atoms with van der Waals surface area (Å²) in [5, 5.41) is 0. The predicted molar refractivity (Wildman–Crippen MR) is 66.3 cm³/mol. The van der Waals surface area contributed by atoms with Gasteiger partial charge >= 0.3 is 0 Å². The van der Waals surface area contributed by atoms with E-state index in [-0.39, 0.29) is 18.0 Å². The Morgan fingerprint density at radius 1 is 1.53 bits per heavy atom. The summed E-state index contributed by atoms with van der Waals surface area (Å²) in [6.45, 7) is 4.94. The van der Waals surface area contributed by atoms with Gasteiger partial charge in [-0.05, 0) is 48.9 Å². The zero-order valence-electron chi connectivity index (χ0n) is 10.4. The van der Waals surface area contributed by atoms with Crippen LogP contribution in [0.5, 0.6) is 0 Å². The van der Waals surface area contributed by atoms with Gasteiger partial charge in [-0.15, -0.1) is 0 Å². The summed E-state index contributed by atoms with van der Waals surface area (Å²) in [5.41, 5.74) is 8.25. The van der Waals surface area contributed by atoms with Gasteiger partial charge in [0, 0.05) is 12.6 Å². The minimum Gasteiger partial charge on any atom is -0.376 e. The number of rotatable bonds is 3. The minimum atomic E-state index is -0.196. The second-order valence-corrected chi connectivity index (χ2v) is 5.04. The van der Waals surface area contributed by atoms with Crippen LogP contribution in [0.3, 0.4) is 0 Å². The van der Waals surface area contributed by atoms with Crippen LogP contribution in [0.2, 0.25) is 0 Å². The summed E-state index contributed by atoms with van der Waals surface area (Å²) in [5.74, 6) is 0.303. The van der Waals surface area contributed by atoms with Gasteiger partial charge < -0.3 is 10.5 Å². The highest BCUT2D eigenvalue weighted by Gasteiger charge is 2.30. The molecule has 0 amide bonds. The van der Waals surface area contributed by atoms with Crippen molar-refractivity contribution in [1.82, 2.24) is 0 Å². The zero-order valence-corrected chi connectivity index (χ0v) is 10.4. The van der Waals surface area contributed by atoms with Crippen LogP contribution in [0.15, 0.2) is 18.2 Å². The molecule has 3 heteroatoms. The normalized spacial score (nSPS) is 26.1. The van der Waals surface area contributed by atoms with Gasteiger partial charge in [0.15, 0.2) is 0 Å². The van der Waals surface area contributed by atoms with E-state index in [1.165, 1.54) is 6.07 Å². The number of hydrogen-bond acceptors (Lipinski definition) is 2. The summed E-state index contributed by atoms with van der Waals surface area (Å²) in [6, 6.07) is 4.82. The Hall–Kier alpha value is -0.930. The van der Waals surface area contributed by atoms with E-state index in [9.17, 15) is 4.39 Å². The van der Waals surface area contributed by atoms with Crippen molar-refractivity contribution in [3.63, 3.8) is 0 Å². The monoisotopic (exact) mass is 237 g/mol. The standard InChI is InChI=1S/C14H20FNO/c1-9-3-4-12(15)7-11(9)8-13(16)14-10(2)5-6-17-14/h3-4,7,10,13-14H,5-6,8,16H2,1-2H3. The predicted octanol–water partition coefficient (Wildman–Crippen LogP) is 2.43. The van der Waals surface area contributed by atoms with E-state index in [4.69, 9.17) is 10.5 Å². The fraction of sp³-hybridized carbons (Fsp3) is 0.571. The Kier molecular flexibility index (Phi) is 3.79. The fourth-order valence-corrected chi connectivity index (χ4v) is 2.49. The Morgan fingerprint density at radius 3 is 2.94 bits per heavy atom. The first kappa shape index (κ1) is 12.5. The number of nitrogens with two attached hydrogens (primary N) is 1. The third kappa shape index (κ3) is 2.85. The van der Waals surface area contributed by atoms with Crippen molar-refractivity contribution in [2.24, 2.45) is 11.7 Å². The van der Waals surface area contributed by atoms with Crippen molar-refractivity contribution in [3.8, 4) is 0 Å². The van der Waals surface area contributed by atoms with E-state index in [1.54, 1.807) is 12.1 Å². The molecule has 94 valence electrons. The maximum absolute atomic E-state index is 13.2. The lowest BCUT2D eigenvalue weighted by molar-refractivity contribution is 0.0726. The number of ether oxygens (including phenoxy) is 1. The molecule has 1 heterocycles. The quantitative estimate of drug-likeness (QED) is 0.876. The van der Waals surface area contributed by atoms with Crippen LogP contribution in [0.1, 0.15) is 24.5 Å². The Balaban J connectivity index is 2.07. The first-order valence-electron chi connectivity index (χ1n) is 6.20. The summed E-state index contributed by atoms with van der Waals surface area (Å²) in [4.78, 5) is 0. The molecule has 1 fully saturated rings. The second-order valence-electron chi connectivity index (χ2n) is 5.04. The van der Waals surface area contributed by atoms with Crippen LogP contribution in [0.4, 0.5) is 4.39 Å². The summed E-state index contributed by atoms with van der Waals surface area (Å²) < 4.78 is 18.8. The third-order valence-electron chi connectivity index (χ3n) is 3.63. The van der Waals surface area contributed by atoms with Crippen LogP contribution in [-0.2, 0) is 11.2 Å². The molecule has 0 aromatic heterocycles. The number of benzene rings is 1. The molecule has 1 aromatic rings. The molecule has 1 aliphatic heterocycles. The van der Waals surface area contributed by atoms with Crippen LogP contribution in [0, 0.1) is 18.7 Å². The minimum absolute atomic E-state index is 0.0481. The van der Waals surface area contributed by atoms with E-state index in [1.807, 2.05) is 6.92 Å². The van der Waals surface area contributed by atoms with E-state index in [2.05, 4.69) is 6.92 Å². The van der Waals surface area contributed by atoms with Crippen LogP contribution in [0.25, 0.3) is 0 Å². The van der Waals surface area contributed by atoms with Crippen molar-refractivity contribution in [2.75, 3.05) is 6.61 Å². The molecule has 0 aliphatic carbocycles. The van der Waals surface area contributed by atoms with Crippen molar-refractivity contribution in [2.45, 2.75) is 38.8 Å². The van der Waals surface area contributed by atoms with E-state index >= 15 is 0 Å². The second kappa shape index (κ2) is 5.15. The van der Waals surface area contributed by atoms with Crippen LogP contribution in [-0.4, -0.2) is 18.8 Å². The van der Waals surface area contributed by atoms with Gasteiger partial charge in [-0.25, -0.2) is 4.39 Å². The van der Waals surface area contributed by atoms with Crippen LogP contribution < -0.4 is 5.73 Å². The Bertz CT molecular complexity index is 394. The number of aryl methyl sites for hydroxylation is 1. The van der Waals surface area contributed by atoms with E-state index < -0.39 is 0 Å². The molecule has 1 saturated heterocycles. The lowest BCUT2D eigenvalue weighted by Crippen LogP contribution is -2.39. The highest BCUT2D eigenvalue weighted by atomic mass is 19.1. The molecule has 0 spiro atoms. The molecule has 0 radical (unpaired) electrons. The maximum Gasteiger partial charge on any atom is 0.123 e. The van der Waals surface area contributed by atoms with Gasteiger partial charge in [0.05, 0.1) is 6.10 Å². The molecule has 0 saturated carbocycles. The molecule has 2 nitrogen and oxygen atoms in total. The smallest absolute Gasteiger partial charge is 0.123 e. The molecule has 3 unspecified atom stereocenters. The van der Waals surface area contributed by atoms with Crippen LogP contribution >= 0.6 is 0 Å². The highest BCUT2D eigenvalue weighted by molar-refractivity contribution is 5.27. The molecule has 3 atom stereocenters. The Labute approximate surface area is 102 Å². The molecule has 2 rings (SSSR count). The van der Waals surface area contributed by atoms with Crippen molar-refractivity contribution < 1.29 is 9.13 Å². The summed E-state index contributed by atoms with van der Waals surface area (Å²) >= 11 is 0.